The van der Waals surface area contributed by atoms with Crippen LogP contribution in [0.3, 0.4) is 0 Å². The minimum Gasteiger partial charge on any atom is -0.368 e. The molecule has 2 aromatic heterocycles. The maximum Gasteiger partial charge on any atom is 0.136 e. The summed E-state index contributed by atoms with van der Waals surface area (Å²) in [6.07, 6.45) is 3.92. The van der Waals surface area contributed by atoms with E-state index in [0.29, 0.717) is 0 Å². The lowest BCUT2D eigenvalue weighted by Crippen LogP contribution is -2.38. The Morgan fingerprint density at radius 3 is 3.12 bits per heavy atom. The van der Waals surface area contributed by atoms with Gasteiger partial charge in [-0.1, -0.05) is 6.07 Å². The van der Waals surface area contributed by atoms with Crippen molar-refractivity contribution in [1.82, 2.24) is 24.8 Å². The van der Waals surface area contributed by atoms with Crippen LogP contribution in [0.1, 0.15) is 23.2 Å². The van der Waals surface area contributed by atoms with Crippen LogP contribution < -0.4 is 0 Å². The van der Waals surface area contributed by atoms with E-state index in [2.05, 4.69) is 63.1 Å². The largest absolute Gasteiger partial charge is 0.368 e. The molecule has 1 atom stereocenters. The number of nitrogens with zero attached hydrogens (tertiary/aromatic N) is 3. The quantitative estimate of drug-likeness (QED) is 0.750. The molecule has 132 valence electrons. The number of nitrogens with one attached hydrogen (secondary N) is 2. The fraction of sp³-hybridized carbons (Fsp3) is 0.421. The van der Waals surface area contributed by atoms with E-state index in [1.54, 1.807) is 0 Å². The third kappa shape index (κ3) is 3.76. The van der Waals surface area contributed by atoms with Gasteiger partial charge in [-0.2, -0.15) is 0 Å². The molecule has 6 nitrogen and oxygen atoms in total. The van der Waals surface area contributed by atoms with Crippen LogP contribution in [0.15, 0.2) is 36.7 Å². The lowest BCUT2D eigenvalue weighted by atomic mass is 10.1. The zero-order chi connectivity index (χ0) is 17.2. The van der Waals surface area contributed by atoms with Crippen LogP contribution in [0, 0.1) is 0 Å². The highest BCUT2D eigenvalue weighted by molar-refractivity contribution is 5.79. The van der Waals surface area contributed by atoms with E-state index in [1.807, 2.05) is 12.4 Å². The van der Waals surface area contributed by atoms with Crippen LogP contribution in [0.25, 0.3) is 10.9 Å². The fourth-order valence-electron chi connectivity index (χ4n) is 3.43. The van der Waals surface area contributed by atoms with Crippen molar-refractivity contribution >= 4 is 10.9 Å². The van der Waals surface area contributed by atoms with Crippen molar-refractivity contribution in [2.24, 2.45) is 0 Å². The predicted octanol–water partition coefficient (Wildman–Crippen LogP) is 2.53. The zero-order valence-electron chi connectivity index (χ0n) is 14.8. The summed E-state index contributed by atoms with van der Waals surface area (Å²) in [5, 5.41) is 1.27. The van der Waals surface area contributed by atoms with Crippen molar-refractivity contribution in [3.05, 3.63) is 53.7 Å². The average Bonchev–Trinajstić information content (AvgIpc) is 3.23. The molecule has 3 aromatic rings. The van der Waals surface area contributed by atoms with E-state index in [9.17, 15) is 0 Å². The molecule has 0 radical (unpaired) electrons. The van der Waals surface area contributed by atoms with Crippen LogP contribution in [0.2, 0.25) is 0 Å². The molecule has 1 saturated heterocycles. The first-order valence-corrected chi connectivity index (χ1v) is 8.76. The molecule has 3 heterocycles. The Balaban J connectivity index is 1.42. The SMILES string of the molecule is CN(C)Cc1cnc([C@@H]2CN(Cc3ccc4[nH]ccc4c3)CCO2)[nH]1. The molecule has 1 aromatic carbocycles. The maximum atomic E-state index is 5.95. The van der Waals surface area contributed by atoms with Gasteiger partial charge >= 0.3 is 0 Å². The van der Waals surface area contributed by atoms with E-state index in [-0.39, 0.29) is 6.10 Å². The second-order valence-corrected chi connectivity index (χ2v) is 7.03. The average molecular weight is 339 g/mol. The summed E-state index contributed by atoms with van der Waals surface area (Å²) in [5.41, 5.74) is 3.65. The molecule has 4 rings (SSSR count). The topological polar surface area (TPSA) is 60.2 Å². The normalized spacial score (nSPS) is 19.1. The minimum atomic E-state index is 0.0145. The van der Waals surface area contributed by atoms with Gasteiger partial charge in [0.25, 0.3) is 0 Å². The Bertz CT molecular complexity index is 837. The molecule has 0 saturated carbocycles. The number of benzene rings is 1. The van der Waals surface area contributed by atoms with E-state index >= 15 is 0 Å². The van der Waals surface area contributed by atoms with Gasteiger partial charge in [0.05, 0.1) is 6.61 Å². The van der Waals surface area contributed by atoms with Gasteiger partial charge in [-0.25, -0.2) is 4.98 Å². The molecule has 0 bridgehead atoms. The summed E-state index contributed by atoms with van der Waals surface area (Å²) in [6.45, 7) is 4.35. The zero-order valence-corrected chi connectivity index (χ0v) is 14.8. The molecule has 0 unspecified atom stereocenters. The fourth-order valence-corrected chi connectivity index (χ4v) is 3.43. The number of hydrogen-bond donors (Lipinski definition) is 2. The van der Waals surface area contributed by atoms with Gasteiger partial charge in [-0.15, -0.1) is 0 Å². The summed E-state index contributed by atoms with van der Waals surface area (Å²) in [5.74, 6) is 0.933. The third-order valence-electron chi connectivity index (χ3n) is 4.61. The number of morpholine rings is 1. The highest BCUT2D eigenvalue weighted by atomic mass is 16.5. The smallest absolute Gasteiger partial charge is 0.136 e. The summed E-state index contributed by atoms with van der Waals surface area (Å²) in [6, 6.07) is 8.74. The first kappa shape index (κ1) is 16.3. The molecule has 1 fully saturated rings. The Morgan fingerprint density at radius 2 is 2.24 bits per heavy atom. The lowest BCUT2D eigenvalue weighted by molar-refractivity contribution is -0.0368. The molecule has 25 heavy (non-hydrogen) atoms. The van der Waals surface area contributed by atoms with Crippen LogP contribution in [0.5, 0.6) is 0 Å². The number of hydrogen-bond acceptors (Lipinski definition) is 4. The van der Waals surface area contributed by atoms with Crippen molar-refractivity contribution < 1.29 is 4.74 Å². The predicted molar refractivity (Wildman–Crippen MR) is 98.2 cm³/mol. The van der Waals surface area contributed by atoms with Crippen molar-refractivity contribution in [3.8, 4) is 0 Å². The number of fused-ring (bicyclic) bond motifs is 1. The molecule has 1 aliphatic rings. The Hall–Kier alpha value is -2.15. The molecule has 2 N–H and O–H groups in total. The first-order valence-electron chi connectivity index (χ1n) is 8.76. The summed E-state index contributed by atoms with van der Waals surface area (Å²) >= 11 is 0. The van der Waals surface area contributed by atoms with Gasteiger partial charge in [-0.05, 0) is 43.2 Å². The Kier molecular flexibility index (Phi) is 4.57. The lowest BCUT2D eigenvalue weighted by Gasteiger charge is -2.32. The van der Waals surface area contributed by atoms with Gasteiger partial charge in [0.2, 0.25) is 0 Å². The highest BCUT2D eigenvalue weighted by Gasteiger charge is 2.24. The van der Waals surface area contributed by atoms with Crippen molar-refractivity contribution in [1.29, 1.82) is 0 Å². The van der Waals surface area contributed by atoms with Crippen LogP contribution in [-0.2, 0) is 17.8 Å². The Labute approximate surface area is 147 Å². The molecule has 0 amide bonds. The van der Waals surface area contributed by atoms with Crippen LogP contribution in [0.4, 0.5) is 0 Å². The number of aromatic nitrogens is 3. The number of ether oxygens (including phenoxy) is 1. The molecular formula is C19H25N5O. The molecule has 0 spiro atoms. The van der Waals surface area contributed by atoms with Gasteiger partial charge < -0.3 is 19.6 Å². The number of rotatable bonds is 5. The molecular weight excluding hydrogens is 314 g/mol. The van der Waals surface area contributed by atoms with Gasteiger partial charge in [0.15, 0.2) is 0 Å². The maximum absolute atomic E-state index is 5.95. The number of H-pyrrole nitrogens is 2. The monoisotopic (exact) mass is 339 g/mol. The first-order chi connectivity index (χ1) is 12.2. The van der Waals surface area contributed by atoms with E-state index in [1.165, 1.54) is 16.5 Å². The van der Waals surface area contributed by atoms with Crippen molar-refractivity contribution in [2.75, 3.05) is 33.8 Å². The number of imidazole rings is 1. The molecule has 1 aliphatic heterocycles. The van der Waals surface area contributed by atoms with E-state index in [4.69, 9.17) is 4.74 Å². The minimum absolute atomic E-state index is 0.0145. The second-order valence-electron chi connectivity index (χ2n) is 7.03. The van der Waals surface area contributed by atoms with Crippen molar-refractivity contribution in [3.63, 3.8) is 0 Å². The Morgan fingerprint density at radius 1 is 1.32 bits per heavy atom. The van der Waals surface area contributed by atoms with Gasteiger partial charge in [0, 0.05) is 49.8 Å². The summed E-state index contributed by atoms with van der Waals surface area (Å²) in [7, 11) is 4.11. The van der Waals surface area contributed by atoms with Crippen molar-refractivity contribution in [2.45, 2.75) is 19.2 Å². The molecule has 6 heteroatoms. The summed E-state index contributed by atoms with van der Waals surface area (Å²) < 4.78 is 5.95. The summed E-state index contributed by atoms with van der Waals surface area (Å²) in [4.78, 5) is 15.8. The second kappa shape index (κ2) is 7.00. The highest BCUT2D eigenvalue weighted by Crippen LogP contribution is 2.22. The number of aromatic amines is 2. The molecule has 0 aliphatic carbocycles. The van der Waals surface area contributed by atoms with Crippen LogP contribution in [-0.4, -0.2) is 58.5 Å². The standard InChI is InChI=1S/C19H25N5O/c1-23(2)12-16-10-21-19(22-16)18-13-24(7-8-25-18)11-14-3-4-17-15(9-14)5-6-20-17/h3-6,9-10,18,20H,7-8,11-13H2,1-2H3,(H,21,22)/t18-/m0/s1. The van der Waals surface area contributed by atoms with E-state index in [0.717, 1.165) is 44.3 Å². The van der Waals surface area contributed by atoms with Crippen LogP contribution >= 0.6 is 0 Å². The van der Waals surface area contributed by atoms with Gasteiger partial charge in [0.1, 0.15) is 11.9 Å². The van der Waals surface area contributed by atoms with Gasteiger partial charge in [-0.3, -0.25) is 4.90 Å². The van der Waals surface area contributed by atoms with E-state index < -0.39 is 0 Å². The third-order valence-corrected chi connectivity index (χ3v) is 4.61.